The standard InChI is InChI=1S/C21H21ClN2O2/c22-17-9-3-2-8-16(17)18(24-11-5-6-12-24)14-23-21(25)20-13-15-7-1-4-10-19(15)26-20/h1-4,7-10,13,18H,5-6,11-12,14H2,(H,23,25)/t18-/m1/s1. The van der Waals surface area contributed by atoms with Gasteiger partial charge < -0.3 is 9.73 Å². The summed E-state index contributed by atoms with van der Waals surface area (Å²) in [6, 6.07) is 17.3. The minimum atomic E-state index is -0.197. The SMILES string of the molecule is O=C(NC[C@H](c1ccccc1Cl)N1CCCC1)c1cc2ccccc2o1. The summed E-state index contributed by atoms with van der Waals surface area (Å²) < 4.78 is 5.67. The monoisotopic (exact) mass is 368 g/mol. The number of hydrogen-bond donors (Lipinski definition) is 1. The first-order valence-corrected chi connectivity index (χ1v) is 9.35. The number of amides is 1. The first-order chi connectivity index (χ1) is 12.7. The molecule has 0 unspecified atom stereocenters. The van der Waals surface area contributed by atoms with E-state index in [1.165, 1.54) is 12.8 Å². The molecule has 1 fully saturated rings. The average Bonchev–Trinajstić information content (AvgIpc) is 3.32. The van der Waals surface area contributed by atoms with E-state index in [2.05, 4.69) is 10.2 Å². The van der Waals surface area contributed by atoms with Crippen LogP contribution in [0.15, 0.2) is 59.0 Å². The van der Waals surface area contributed by atoms with E-state index < -0.39 is 0 Å². The number of carbonyl (C=O) groups excluding carboxylic acids is 1. The second-order valence-corrected chi connectivity index (χ2v) is 7.05. The zero-order valence-corrected chi connectivity index (χ0v) is 15.2. The Bertz CT molecular complexity index is 882. The Balaban J connectivity index is 1.52. The number of carbonyl (C=O) groups is 1. The maximum absolute atomic E-state index is 12.6. The van der Waals surface area contributed by atoms with Gasteiger partial charge in [-0.15, -0.1) is 0 Å². The van der Waals surface area contributed by atoms with Crippen LogP contribution < -0.4 is 5.32 Å². The Morgan fingerprint density at radius 1 is 1.12 bits per heavy atom. The van der Waals surface area contributed by atoms with E-state index in [-0.39, 0.29) is 11.9 Å². The summed E-state index contributed by atoms with van der Waals surface area (Å²) in [5.74, 6) is 0.142. The summed E-state index contributed by atoms with van der Waals surface area (Å²) in [4.78, 5) is 15.0. The molecule has 2 heterocycles. The fourth-order valence-corrected chi connectivity index (χ4v) is 3.87. The second-order valence-electron chi connectivity index (χ2n) is 6.64. The molecule has 2 aromatic carbocycles. The molecule has 1 saturated heterocycles. The topological polar surface area (TPSA) is 45.5 Å². The molecule has 0 bridgehead atoms. The predicted molar refractivity (Wildman–Crippen MR) is 104 cm³/mol. The highest BCUT2D eigenvalue weighted by atomic mass is 35.5. The van der Waals surface area contributed by atoms with Crippen molar-refractivity contribution in [2.24, 2.45) is 0 Å². The van der Waals surface area contributed by atoms with Gasteiger partial charge in [-0.1, -0.05) is 48.0 Å². The summed E-state index contributed by atoms with van der Waals surface area (Å²) in [6.45, 7) is 2.55. The molecule has 3 aromatic rings. The third kappa shape index (κ3) is 3.48. The molecule has 1 N–H and O–H groups in total. The number of nitrogens with zero attached hydrogens (tertiary/aromatic N) is 1. The van der Waals surface area contributed by atoms with Crippen LogP contribution in [0.2, 0.25) is 5.02 Å². The summed E-state index contributed by atoms with van der Waals surface area (Å²) in [5.41, 5.74) is 1.78. The highest BCUT2D eigenvalue weighted by Crippen LogP contribution is 2.30. The predicted octanol–water partition coefficient (Wildman–Crippen LogP) is 4.65. The fourth-order valence-electron chi connectivity index (χ4n) is 3.60. The van der Waals surface area contributed by atoms with Gasteiger partial charge in [0.15, 0.2) is 5.76 Å². The Kier molecular flexibility index (Phi) is 4.96. The van der Waals surface area contributed by atoms with Gasteiger partial charge in [0.05, 0.1) is 6.04 Å². The molecule has 0 spiro atoms. The van der Waals surface area contributed by atoms with Crippen LogP contribution in [0.25, 0.3) is 11.0 Å². The minimum absolute atomic E-state index is 0.0690. The largest absolute Gasteiger partial charge is 0.451 e. The number of halogens is 1. The first kappa shape index (κ1) is 17.1. The number of benzene rings is 2. The van der Waals surface area contributed by atoms with Crippen LogP contribution in [0, 0.1) is 0 Å². The van der Waals surface area contributed by atoms with E-state index >= 15 is 0 Å². The van der Waals surface area contributed by atoms with Gasteiger partial charge in [-0.05, 0) is 49.7 Å². The number of nitrogens with one attached hydrogen (secondary N) is 1. The van der Waals surface area contributed by atoms with Gasteiger partial charge in [0, 0.05) is 17.0 Å². The van der Waals surface area contributed by atoms with Crippen LogP contribution in [-0.2, 0) is 0 Å². The van der Waals surface area contributed by atoms with Crippen molar-refractivity contribution in [1.82, 2.24) is 10.2 Å². The van der Waals surface area contributed by atoms with Crippen molar-refractivity contribution in [3.63, 3.8) is 0 Å². The molecule has 5 heteroatoms. The Hall–Kier alpha value is -2.30. The third-order valence-corrected chi connectivity index (χ3v) is 5.30. The van der Waals surface area contributed by atoms with E-state index in [0.29, 0.717) is 12.3 Å². The molecule has 0 radical (unpaired) electrons. The molecule has 1 aliphatic rings. The molecule has 1 aromatic heterocycles. The van der Waals surface area contributed by atoms with E-state index in [1.807, 2.05) is 48.5 Å². The Morgan fingerprint density at radius 2 is 1.85 bits per heavy atom. The lowest BCUT2D eigenvalue weighted by Crippen LogP contribution is -2.36. The van der Waals surface area contributed by atoms with Crippen molar-refractivity contribution < 1.29 is 9.21 Å². The molecular formula is C21H21ClN2O2. The molecular weight excluding hydrogens is 348 g/mol. The molecule has 1 amide bonds. The normalized spacial score (nSPS) is 16.0. The smallest absolute Gasteiger partial charge is 0.287 e. The van der Waals surface area contributed by atoms with E-state index in [9.17, 15) is 4.79 Å². The number of rotatable bonds is 5. The van der Waals surface area contributed by atoms with Gasteiger partial charge in [-0.3, -0.25) is 9.69 Å². The third-order valence-electron chi connectivity index (χ3n) is 4.95. The quantitative estimate of drug-likeness (QED) is 0.712. The minimum Gasteiger partial charge on any atom is -0.451 e. The lowest BCUT2D eigenvalue weighted by Gasteiger charge is -2.28. The molecule has 0 saturated carbocycles. The van der Waals surface area contributed by atoms with Crippen LogP contribution in [0.5, 0.6) is 0 Å². The highest BCUT2D eigenvalue weighted by molar-refractivity contribution is 6.31. The van der Waals surface area contributed by atoms with Gasteiger partial charge >= 0.3 is 0 Å². The van der Waals surface area contributed by atoms with Crippen molar-refractivity contribution >= 4 is 28.5 Å². The molecule has 4 rings (SSSR count). The molecule has 134 valence electrons. The van der Waals surface area contributed by atoms with Crippen LogP contribution in [-0.4, -0.2) is 30.4 Å². The number of para-hydroxylation sites is 1. The van der Waals surface area contributed by atoms with Crippen LogP contribution in [0.1, 0.15) is 35.0 Å². The van der Waals surface area contributed by atoms with Gasteiger partial charge in [-0.25, -0.2) is 0 Å². The number of fused-ring (bicyclic) bond motifs is 1. The Labute approximate surface area is 157 Å². The summed E-state index contributed by atoms with van der Waals surface area (Å²) in [6.07, 6.45) is 2.36. The summed E-state index contributed by atoms with van der Waals surface area (Å²) in [5, 5.41) is 4.70. The molecule has 4 nitrogen and oxygen atoms in total. The van der Waals surface area contributed by atoms with Gasteiger partial charge in [-0.2, -0.15) is 0 Å². The maximum Gasteiger partial charge on any atom is 0.287 e. The highest BCUT2D eigenvalue weighted by Gasteiger charge is 2.26. The maximum atomic E-state index is 12.6. The zero-order valence-electron chi connectivity index (χ0n) is 14.5. The van der Waals surface area contributed by atoms with E-state index in [4.69, 9.17) is 16.0 Å². The van der Waals surface area contributed by atoms with Crippen molar-refractivity contribution in [3.05, 3.63) is 70.9 Å². The number of likely N-dealkylation sites (tertiary alicyclic amines) is 1. The number of hydrogen-bond acceptors (Lipinski definition) is 3. The fraction of sp³-hybridized carbons (Fsp3) is 0.286. The van der Waals surface area contributed by atoms with Crippen molar-refractivity contribution in [3.8, 4) is 0 Å². The molecule has 1 atom stereocenters. The van der Waals surface area contributed by atoms with Crippen molar-refractivity contribution in [2.45, 2.75) is 18.9 Å². The van der Waals surface area contributed by atoms with Crippen LogP contribution in [0.3, 0.4) is 0 Å². The number of furan rings is 1. The van der Waals surface area contributed by atoms with Gasteiger partial charge in [0.25, 0.3) is 5.91 Å². The van der Waals surface area contributed by atoms with Gasteiger partial charge in [0.2, 0.25) is 0 Å². The van der Waals surface area contributed by atoms with Crippen LogP contribution in [0.4, 0.5) is 0 Å². The molecule has 26 heavy (non-hydrogen) atoms. The van der Waals surface area contributed by atoms with E-state index in [1.54, 1.807) is 6.07 Å². The van der Waals surface area contributed by atoms with Gasteiger partial charge in [0.1, 0.15) is 5.58 Å². The van der Waals surface area contributed by atoms with Crippen molar-refractivity contribution in [2.75, 3.05) is 19.6 Å². The molecule has 1 aliphatic heterocycles. The summed E-state index contributed by atoms with van der Waals surface area (Å²) in [7, 11) is 0. The average molecular weight is 369 g/mol. The van der Waals surface area contributed by atoms with Crippen LogP contribution >= 0.6 is 11.6 Å². The Morgan fingerprint density at radius 3 is 2.62 bits per heavy atom. The zero-order chi connectivity index (χ0) is 17.9. The van der Waals surface area contributed by atoms with E-state index in [0.717, 1.165) is 34.6 Å². The lowest BCUT2D eigenvalue weighted by atomic mass is 10.1. The van der Waals surface area contributed by atoms with Crippen molar-refractivity contribution in [1.29, 1.82) is 0 Å². The summed E-state index contributed by atoms with van der Waals surface area (Å²) >= 11 is 6.43. The second kappa shape index (κ2) is 7.52. The lowest BCUT2D eigenvalue weighted by molar-refractivity contribution is 0.0912. The molecule has 0 aliphatic carbocycles. The first-order valence-electron chi connectivity index (χ1n) is 8.97.